The first-order valence-electron chi connectivity index (χ1n) is 4.30. The SMILES string of the molecule is O=C1NCCCC1Sc1ncc[nH]1. The minimum absolute atomic E-state index is 0.0277. The van der Waals surface area contributed by atoms with Crippen LogP contribution in [0.4, 0.5) is 0 Å². The van der Waals surface area contributed by atoms with Crippen LogP contribution in [0.2, 0.25) is 0 Å². The standard InChI is InChI=1S/C8H11N3OS/c12-7-6(2-1-3-9-7)13-8-10-4-5-11-8/h4-6H,1-3H2,(H,9,12)(H,10,11). The Morgan fingerprint density at radius 1 is 1.62 bits per heavy atom. The van der Waals surface area contributed by atoms with Crippen LogP contribution in [-0.2, 0) is 4.79 Å². The van der Waals surface area contributed by atoms with Crippen molar-refractivity contribution in [3.63, 3.8) is 0 Å². The van der Waals surface area contributed by atoms with Gasteiger partial charge < -0.3 is 10.3 Å². The van der Waals surface area contributed by atoms with Crippen LogP contribution in [0.3, 0.4) is 0 Å². The van der Waals surface area contributed by atoms with Crippen molar-refractivity contribution in [2.75, 3.05) is 6.54 Å². The summed E-state index contributed by atoms with van der Waals surface area (Å²) >= 11 is 1.50. The van der Waals surface area contributed by atoms with Crippen molar-refractivity contribution in [2.45, 2.75) is 23.2 Å². The van der Waals surface area contributed by atoms with Gasteiger partial charge in [-0.3, -0.25) is 4.79 Å². The van der Waals surface area contributed by atoms with Gasteiger partial charge in [0.15, 0.2) is 5.16 Å². The predicted molar refractivity (Wildman–Crippen MR) is 50.5 cm³/mol. The molecule has 0 aromatic carbocycles. The highest BCUT2D eigenvalue weighted by Gasteiger charge is 2.23. The van der Waals surface area contributed by atoms with Crippen molar-refractivity contribution in [1.29, 1.82) is 0 Å². The number of carbonyl (C=O) groups excluding carboxylic acids is 1. The first kappa shape index (κ1) is 8.62. The molecule has 1 amide bonds. The molecule has 0 saturated carbocycles. The Bertz CT molecular complexity index is 286. The first-order chi connectivity index (χ1) is 6.36. The van der Waals surface area contributed by atoms with E-state index in [1.165, 1.54) is 11.8 Å². The molecule has 4 nitrogen and oxygen atoms in total. The maximum absolute atomic E-state index is 11.3. The van der Waals surface area contributed by atoms with Gasteiger partial charge >= 0.3 is 0 Å². The van der Waals surface area contributed by atoms with E-state index in [1.807, 2.05) is 0 Å². The summed E-state index contributed by atoms with van der Waals surface area (Å²) in [6, 6.07) is 0. The summed E-state index contributed by atoms with van der Waals surface area (Å²) < 4.78 is 0. The van der Waals surface area contributed by atoms with E-state index in [0.717, 1.165) is 24.5 Å². The first-order valence-corrected chi connectivity index (χ1v) is 5.18. The molecule has 1 atom stereocenters. The van der Waals surface area contributed by atoms with Gasteiger partial charge in [-0.1, -0.05) is 11.8 Å². The Labute approximate surface area is 80.5 Å². The summed E-state index contributed by atoms with van der Waals surface area (Å²) in [4.78, 5) is 18.4. The van der Waals surface area contributed by atoms with Crippen LogP contribution in [-0.4, -0.2) is 27.7 Å². The summed E-state index contributed by atoms with van der Waals surface area (Å²) in [5.74, 6) is 0.132. The van der Waals surface area contributed by atoms with Crippen molar-refractivity contribution in [3.8, 4) is 0 Å². The third-order valence-corrected chi connectivity index (χ3v) is 3.14. The second-order valence-electron chi connectivity index (χ2n) is 2.93. The zero-order valence-corrected chi connectivity index (χ0v) is 7.93. The van der Waals surface area contributed by atoms with Gasteiger partial charge in [-0.05, 0) is 12.8 Å². The molecule has 2 heterocycles. The van der Waals surface area contributed by atoms with E-state index in [4.69, 9.17) is 0 Å². The fourth-order valence-electron chi connectivity index (χ4n) is 1.31. The lowest BCUT2D eigenvalue weighted by molar-refractivity contribution is -0.121. The lowest BCUT2D eigenvalue weighted by atomic mass is 10.1. The van der Waals surface area contributed by atoms with Crippen LogP contribution in [0.1, 0.15) is 12.8 Å². The molecule has 2 rings (SSSR count). The van der Waals surface area contributed by atoms with Crippen LogP contribution in [0.5, 0.6) is 0 Å². The highest BCUT2D eigenvalue weighted by molar-refractivity contribution is 8.00. The second-order valence-corrected chi connectivity index (χ2v) is 4.13. The molecule has 0 radical (unpaired) electrons. The van der Waals surface area contributed by atoms with Gasteiger partial charge in [0, 0.05) is 18.9 Å². The number of H-pyrrole nitrogens is 1. The minimum Gasteiger partial charge on any atom is -0.355 e. The maximum Gasteiger partial charge on any atom is 0.233 e. The third kappa shape index (κ3) is 2.03. The van der Waals surface area contributed by atoms with E-state index < -0.39 is 0 Å². The highest BCUT2D eigenvalue weighted by Crippen LogP contribution is 2.24. The normalized spacial score (nSPS) is 22.8. The van der Waals surface area contributed by atoms with Crippen molar-refractivity contribution in [1.82, 2.24) is 15.3 Å². The Morgan fingerprint density at radius 3 is 3.23 bits per heavy atom. The summed E-state index contributed by atoms with van der Waals surface area (Å²) in [5.41, 5.74) is 0. The predicted octanol–water partition coefficient (Wildman–Crippen LogP) is 0.780. The number of piperidine rings is 1. The summed E-state index contributed by atoms with van der Waals surface area (Å²) in [6.45, 7) is 0.814. The average molecular weight is 197 g/mol. The molecule has 1 aliphatic heterocycles. The van der Waals surface area contributed by atoms with Crippen molar-refractivity contribution in [3.05, 3.63) is 12.4 Å². The third-order valence-electron chi connectivity index (χ3n) is 1.96. The van der Waals surface area contributed by atoms with Crippen molar-refractivity contribution in [2.24, 2.45) is 0 Å². The van der Waals surface area contributed by atoms with E-state index in [0.29, 0.717) is 0 Å². The zero-order chi connectivity index (χ0) is 9.10. The molecule has 0 bridgehead atoms. The molecule has 1 aromatic rings. The van der Waals surface area contributed by atoms with Gasteiger partial charge in [0.1, 0.15) is 0 Å². The van der Waals surface area contributed by atoms with E-state index in [9.17, 15) is 4.79 Å². The van der Waals surface area contributed by atoms with E-state index in [1.54, 1.807) is 12.4 Å². The van der Waals surface area contributed by atoms with Crippen molar-refractivity contribution >= 4 is 17.7 Å². The summed E-state index contributed by atoms with van der Waals surface area (Å²) in [7, 11) is 0. The minimum atomic E-state index is 0.0277. The maximum atomic E-state index is 11.3. The smallest absolute Gasteiger partial charge is 0.233 e. The Kier molecular flexibility index (Phi) is 2.54. The Hall–Kier alpha value is -0.970. The number of carbonyl (C=O) groups is 1. The molecular weight excluding hydrogens is 186 g/mol. The van der Waals surface area contributed by atoms with Crippen LogP contribution in [0, 0.1) is 0 Å². The Balaban J connectivity index is 1.97. The molecule has 0 aliphatic carbocycles. The van der Waals surface area contributed by atoms with Crippen LogP contribution >= 0.6 is 11.8 Å². The topological polar surface area (TPSA) is 57.8 Å². The number of thioether (sulfide) groups is 1. The molecule has 5 heteroatoms. The van der Waals surface area contributed by atoms with Crippen LogP contribution in [0.25, 0.3) is 0 Å². The van der Waals surface area contributed by atoms with Crippen LogP contribution < -0.4 is 5.32 Å². The molecule has 1 saturated heterocycles. The number of aromatic nitrogens is 2. The van der Waals surface area contributed by atoms with Crippen molar-refractivity contribution < 1.29 is 4.79 Å². The van der Waals surface area contributed by atoms with Gasteiger partial charge in [0.25, 0.3) is 0 Å². The molecule has 1 aromatic heterocycles. The molecule has 70 valence electrons. The van der Waals surface area contributed by atoms with Gasteiger partial charge in [0.2, 0.25) is 5.91 Å². The second kappa shape index (κ2) is 3.83. The quantitative estimate of drug-likeness (QED) is 0.736. The molecule has 1 unspecified atom stereocenters. The number of amides is 1. The number of nitrogens with one attached hydrogen (secondary N) is 2. The molecular formula is C8H11N3OS. The largest absolute Gasteiger partial charge is 0.355 e. The van der Waals surface area contributed by atoms with Crippen LogP contribution in [0.15, 0.2) is 17.6 Å². The number of nitrogens with zero attached hydrogens (tertiary/aromatic N) is 1. The van der Waals surface area contributed by atoms with E-state index in [-0.39, 0.29) is 11.2 Å². The lowest BCUT2D eigenvalue weighted by Gasteiger charge is -2.19. The molecule has 13 heavy (non-hydrogen) atoms. The fourth-order valence-corrected chi connectivity index (χ4v) is 2.31. The number of hydrogen-bond acceptors (Lipinski definition) is 3. The average Bonchev–Trinajstić information content (AvgIpc) is 2.61. The van der Waals surface area contributed by atoms with Gasteiger partial charge in [0.05, 0.1) is 5.25 Å². The number of imidazole rings is 1. The van der Waals surface area contributed by atoms with Gasteiger partial charge in [-0.2, -0.15) is 0 Å². The molecule has 1 aliphatic rings. The number of hydrogen-bond donors (Lipinski definition) is 2. The summed E-state index contributed by atoms with van der Waals surface area (Å²) in [6.07, 6.45) is 5.47. The monoisotopic (exact) mass is 197 g/mol. The van der Waals surface area contributed by atoms with Gasteiger partial charge in [-0.15, -0.1) is 0 Å². The summed E-state index contributed by atoms with van der Waals surface area (Å²) in [5, 5.41) is 3.69. The highest BCUT2D eigenvalue weighted by atomic mass is 32.2. The fraction of sp³-hybridized carbons (Fsp3) is 0.500. The molecule has 0 spiro atoms. The Morgan fingerprint density at radius 2 is 2.54 bits per heavy atom. The number of rotatable bonds is 2. The molecule has 2 N–H and O–H groups in total. The molecule has 1 fully saturated rings. The van der Waals surface area contributed by atoms with E-state index in [2.05, 4.69) is 15.3 Å². The number of aromatic amines is 1. The van der Waals surface area contributed by atoms with Gasteiger partial charge in [-0.25, -0.2) is 4.98 Å². The van der Waals surface area contributed by atoms with E-state index >= 15 is 0 Å². The lowest BCUT2D eigenvalue weighted by Crippen LogP contribution is -2.38. The zero-order valence-electron chi connectivity index (χ0n) is 7.12.